The maximum Gasteiger partial charge on any atom is 0.0610 e. The van der Waals surface area contributed by atoms with E-state index in [4.69, 9.17) is 22.1 Å². The van der Waals surface area contributed by atoms with Crippen molar-refractivity contribution in [2.24, 2.45) is 0 Å². The van der Waals surface area contributed by atoms with Gasteiger partial charge in [0, 0.05) is 18.2 Å². The van der Waals surface area contributed by atoms with Crippen molar-refractivity contribution in [1.82, 2.24) is 0 Å². The van der Waals surface area contributed by atoms with Crippen molar-refractivity contribution in [3.8, 4) is 0 Å². The number of benzene rings is 1. The molecule has 0 saturated heterocycles. The highest BCUT2D eigenvalue weighted by Crippen LogP contribution is 2.30. The van der Waals surface area contributed by atoms with E-state index >= 15 is 0 Å². The predicted octanol–water partition coefficient (Wildman–Crippen LogP) is 2.51. The first-order valence-corrected chi connectivity index (χ1v) is 5.41. The van der Waals surface area contributed by atoms with E-state index in [0.29, 0.717) is 17.2 Å². The number of anilines is 2. The molecule has 1 aromatic carbocycles. The summed E-state index contributed by atoms with van der Waals surface area (Å²) >= 11 is 5.90. The Morgan fingerprint density at radius 1 is 1.47 bits per heavy atom. The molecule has 0 unspecified atom stereocenters. The molecule has 0 amide bonds. The zero-order valence-corrected chi connectivity index (χ0v) is 9.42. The molecule has 0 aliphatic heterocycles. The van der Waals surface area contributed by atoms with Gasteiger partial charge in [-0.05, 0) is 31.0 Å². The van der Waals surface area contributed by atoms with Gasteiger partial charge in [0.25, 0.3) is 0 Å². The van der Waals surface area contributed by atoms with Crippen molar-refractivity contribution in [3.05, 3.63) is 23.2 Å². The lowest BCUT2D eigenvalue weighted by Crippen LogP contribution is -2.40. The van der Waals surface area contributed by atoms with Crippen molar-refractivity contribution >= 4 is 23.0 Å². The first-order valence-electron chi connectivity index (χ1n) is 5.03. The van der Waals surface area contributed by atoms with Crippen LogP contribution < -0.4 is 11.1 Å². The standard InChI is InChI=1S/C11H15ClN2O/c1-15-9-5-8(6-9)14-11-4-7(12)2-3-10(11)13/h2-4,8-9,14H,5-6,13H2,1H3. The Labute approximate surface area is 94.6 Å². The van der Waals surface area contributed by atoms with Crippen molar-refractivity contribution in [2.45, 2.75) is 25.0 Å². The Morgan fingerprint density at radius 3 is 2.87 bits per heavy atom. The average molecular weight is 227 g/mol. The number of hydrogen-bond acceptors (Lipinski definition) is 3. The van der Waals surface area contributed by atoms with Gasteiger partial charge in [-0.3, -0.25) is 0 Å². The molecule has 15 heavy (non-hydrogen) atoms. The monoisotopic (exact) mass is 226 g/mol. The lowest BCUT2D eigenvalue weighted by atomic mass is 9.89. The van der Waals surface area contributed by atoms with Crippen LogP contribution in [0.4, 0.5) is 11.4 Å². The van der Waals surface area contributed by atoms with E-state index in [1.165, 1.54) is 0 Å². The molecular weight excluding hydrogens is 212 g/mol. The number of ether oxygens (including phenoxy) is 1. The van der Waals surface area contributed by atoms with Gasteiger partial charge in [-0.2, -0.15) is 0 Å². The maximum atomic E-state index is 5.90. The maximum absolute atomic E-state index is 5.90. The Bertz CT molecular complexity index is 350. The van der Waals surface area contributed by atoms with E-state index in [1.54, 1.807) is 13.2 Å². The van der Waals surface area contributed by atoms with E-state index in [2.05, 4.69) is 5.32 Å². The van der Waals surface area contributed by atoms with Crippen molar-refractivity contribution in [1.29, 1.82) is 0 Å². The summed E-state index contributed by atoms with van der Waals surface area (Å²) in [6, 6.07) is 5.92. The molecule has 1 fully saturated rings. The zero-order valence-electron chi connectivity index (χ0n) is 8.66. The molecule has 0 bridgehead atoms. The van der Waals surface area contributed by atoms with Crippen LogP contribution in [0.25, 0.3) is 0 Å². The third-order valence-corrected chi connectivity index (χ3v) is 3.04. The van der Waals surface area contributed by atoms with Gasteiger partial charge in [0.2, 0.25) is 0 Å². The molecular formula is C11H15ClN2O. The quantitative estimate of drug-likeness (QED) is 0.779. The Morgan fingerprint density at radius 2 is 2.20 bits per heavy atom. The highest BCUT2D eigenvalue weighted by atomic mass is 35.5. The molecule has 4 heteroatoms. The van der Waals surface area contributed by atoms with Gasteiger partial charge in [0.15, 0.2) is 0 Å². The molecule has 1 aliphatic carbocycles. The minimum absolute atomic E-state index is 0.392. The summed E-state index contributed by atoms with van der Waals surface area (Å²) in [6.07, 6.45) is 2.45. The fraction of sp³-hybridized carbons (Fsp3) is 0.455. The smallest absolute Gasteiger partial charge is 0.0610 e. The van der Waals surface area contributed by atoms with Crippen LogP contribution in [0.15, 0.2) is 18.2 Å². The van der Waals surface area contributed by atoms with Gasteiger partial charge in [-0.1, -0.05) is 11.6 Å². The van der Waals surface area contributed by atoms with Crippen molar-refractivity contribution in [3.63, 3.8) is 0 Å². The van der Waals surface area contributed by atoms with E-state index in [-0.39, 0.29) is 0 Å². The minimum Gasteiger partial charge on any atom is -0.397 e. The summed E-state index contributed by atoms with van der Waals surface area (Å²) < 4.78 is 5.21. The second-order valence-corrected chi connectivity index (χ2v) is 4.34. The molecule has 1 saturated carbocycles. The van der Waals surface area contributed by atoms with Crippen LogP contribution in [0.3, 0.4) is 0 Å². The number of hydrogen-bond donors (Lipinski definition) is 2. The number of nitrogen functional groups attached to an aromatic ring is 1. The summed E-state index contributed by atoms with van der Waals surface area (Å²) in [5.41, 5.74) is 7.49. The normalized spacial score (nSPS) is 24.7. The molecule has 0 radical (unpaired) electrons. The Kier molecular flexibility index (Phi) is 3.03. The second-order valence-electron chi connectivity index (χ2n) is 3.90. The zero-order chi connectivity index (χ0) is 10.8. The van der Waals surface area contributed by atoms with Crippen molar-refractivity contribution < 1.29 is 4.74 Å². The molecule has 3 N–H and O–H groups in total. The molecule has 82 valence electrons. The SMILES string of the molecule is COC1CC(Nc2cc(Cl)ccc2N)C1. The van der Waals surface area contributed by atoms with Gasteiger partial charge in [-0.15, -0.1) is 0 Å². The third-order valence-electron chi connectivity index (χ3n) is 2.80. The van der Waals surface area contributed by atoms with E-state index < -0.39 is 0 Å². The van der Waals surface area contributed by atoms with Gasteiger partial charge in [0.05, 0.1) is 17.5 Å². The van der Waals surface area contributed by atoms with Gasteiger partial charge < -0.3 is 15.8 Å². The van der Waals surface area contributed by atoms with Crippen LogP contribution in [0, 0.1) is 0 Å². The second kappa shape index (κ2) is 4.29. The highest BCUT2D eigenvalue weighted by Gasteiger charge is 2.29. The van der Waals surface area contributed by atoms with E-state index in [0.717, 1.165) is 24.2 Å². The van der Waals surface area contributed by atoms with Crippen LogP contribution in [0.2, 0.25) is 5.02 Å². The van der Waals surface area contributed by atoms with Crippen LogP contribution in [0.1, 0.15) is 12.8 Å². The van der Waals surface area contributed by atoms with Crippen LogP contribution >= 0.6 is 11.6 Å². The van der Waals surface area contributed by atoms with Crippen molar-refractivity contribution in [2.75, 3.05) is 18.2 Å². The topological polar surface area (TPSA) is 47.3 Å². The highest BCUT2D eigenvalue weighted by molar-refractivity contribution is 6.31. The number of nitrogens with two attached hydrogens (primary N) is 1. The summed E-state index contributed by atoms with van der Waals surface area (Å²) in [6.45, 7) is 0. The summed E-state index contributed by atoms with van der Waals surface area (Å²) in [5.74, 6) is 0. The Hall–Kier alpha value is -0.930. The summed E-state index contributed by atoms with van der Waals surface area (Å²) in [5, 5.41) is 4.07. The summed E-state index contributed by atoms with van der Waals surface area (Å²) in [7, 11) is 1.74. The average Bonchev–Trinajstić information content (AvgIpc) is 2.16. The van der Waals surface area contributed by atoms with Crippen LogP contribution in [-0.4, -0.2) is 19.3 Å². The fourth-order valence-electron chi connectivity index (χ4n) is 1.75. The van der Waals surface area contributed by atoms with Crippen LogP contribution in [-0.2, 0) is 4.74 Å². The predicted molar refractivity (Wildman–Crippen MR) is 63.3 cm³/mol. The third kappa shape index (κ3) is 2.36. The van der Waals surface area contributed by atoms with Gasteiger partial charge in [0.1, 0.15) is 0 Å². The molecule has 0 atom stereocenters. The van der Waals surface area contributed by atoms with Gasteiger partial charge in [-0.25, -0.2) is 0 Å². The van der Waals surface area contributed by atoms with Gasteiger partial charge >= 0.3 is 0 Å². The number of methoxy groups -OCH3 is 1. The lowest BCUT2D eigenvalue weighted by molar-refractivity contribution is 0.0329. The molecule has 0 heterocycles. The first-order chi connectivity index (χ1) is 7.19. The van der Waals surface area contributed by atoms with Crippen LogP contribution in [0.5, 0.6) is 0 Å². The molecule has 3 nitrogen and oxygen atoms in total. The van der Waals surface area contributed by atoms with E-state index in [1.807, 2.05) is 12.1 Å². The number of halogens is 1. The van der Waals surface area contributed by atoms with E-state index in [9.17, 15) is 0 Å². The fourth-order valence-corrected chi connectivity index (χ4v) is 1.92. The number of rotatable bonds is 3. The molecule has 0 aromatic heterocycles. The number of nitrogens with one attached hydrogen (secondary N) is 1. The Balaban J connectivity index is 1.97. The first kappa shape index (κ1) is 10.6. The molecule has 2 rings (SSSR count). The molecule has 1 aliphatic rings. The lowest BCUT2D eigenvalue weighted by Gasteiger charge is -2.35. The largest absolute Gasteiger partial charge is 0.397 e. The molecule has 0 spiro atoms. The molecule has 1 aromatic rings. The summed E-state index contributed by atoms with van der Waals surface area (Å²) in [4.78, 5) is 0. The minimum atomic E-state index is 0.392.